The van der Waals surface area contributed by atoms with Crippen molar-refractivity contribution in [2.24, 2.45) is 0 Å². The van der Waals surface area contributed by atoms with Crippen LogP contribution in [0.5, 0.6) is 11.5 Å². The maximum atomic E-state index is 13.8. The fourth-order valence-corrected chi connectivity index (χ4v) is 3.17. The second-order valence-electron chi connectivity index (χ2n) is 6.50. The van der Waals surface area contributed by atoms with Crippen LogP contribution in [0, 0.1) is 12.7 Å². The van der Waals surface area contributed by atoms with Gasteiger partial charge in [-0.2, -0.15) is 0 Å². The van der Waals surface area contributed by atoms with Gasteiger partial charge < -0.3 is 14.8 Å². The zero-order valence-corrected chi connectivity index (χ0v) is 15.0. The molecule has 0 radical (unpaired) electrons. The SMILES string of the molecule is COc1ccc(C(=O)NC2CCC(Oc3cccnc3C)CC2)cc1F. The molecule has 26 heavy (non-hydrogen) atoms. The molecule has 1 aliphatic rings. The number of carbonyl (C=O) groups excluding carboxylic acids is 1. The number of hydrogen-bond donors (Lipinski definition) is 1. The molecule has 1 heterocycles. The Bertz CT molecular complexity index is 773. The second kappa shape index (κ2) is 8.17. The second-order valence-corrected chi connectivity index (χ2v) is 6.50. The van der Waals surface area contributed by atoms with Crippen molar-refractivity contribution in [1.82, 2.24) is 10.3 Å². The van der Waals surface area contributed by atoms with Crippen LogP contribution >= 0.6 is 0 Å². The van der Waals surface area contributed by atoms with Gasteiger partial charge in [-0.05, 0) is 62.9 Å². The van der Waals surface area contributed by atoms with E-state index in [1.54, 1.807) is 12.3 Å². The number of pyridine rings is 1. The lowest BCUT2D eigenvalue weighted by Gasteiger charge is -2.29. The van der Waals surface area contributed by atoms with E-state index in [9.17, 15) is 9.18 Å². The monoisotopic (exact) mass is 358 g/mol. The quantitative estimate of drug-likeness (QED) is 0.886. The third-order valence-corrected chi connectivity index (χ3v) is 4.68. The van der Waals surface area contributed by atoms with Gasteiger partial charge in [-0.1, -0.05) is 0 Å². The average molecular weight is 358 g/mol. The van der Waals surface area contributed by atoms with E-state index in [1.165, 1.54) is 19.2 Å². The molecule has 1 amide bonds. The van der Waals surface area contributed by atoms with Gasteiger partial charge in [0.1, 0.15) is 5.75 Å². The van der Waals surface area contributed by atoms with Crippen LogP contribution in [0.3, 0.4) is 0 Å². The van der Waals surface area contributed by atoms with Crippen molar-refractivity contribution < 1.29 is 18.7 Å². The fraction of sp³-hybridized carbons (Fsp3) is 0.400. The number of benzene rings is 1. The highest BCUT2D eigenvalue weighted by Gasteiger charge is 2.24. The molecule has 2 aromatic rings. The molecule has 3 rings (SSSR count). The number of hydrogen-bond acceptors (Lipinski definition) is 4. The highest BCUT2D eigenvalue weighted by atomic mass is 19.1. The number of rotatable bonds is 5. The molecule has 1 aromatic heterocycles. The van der Waals surface area contributed by atoms with Crippen LogP contribution in [0.4, 0.5) is 4.39 Å². The number of carbonyl (C=O) groups is 1. The van der Waals surface area contributed by atoms with Crippen molar-refractivity contribution in [3.8, 4) is 11.5 Å². The van der Waals surface area contributed by atoms with E-state index >= 15 is 0 Å². The number of halogens is 1. The maximum Gasteiger partial charge on any atom is 0.251 e. The Labute approximate surface area is 152 Å². The van der Waals surface area contributed by atoms with Crippen LogP contribution in [0.2, 0.25) is 0 Å². The Morgan fingerprint density at radius 2 is 1.96 bits per heavy atom. The first-order valence-electron chi connectivity index (χ1n) is 8.79. The summed E-state index contributed by atoms with van der Waals surface area (Å²) in [5.41, 5.74) is 1.18. The summed E-state index contributed by atoms with van der Waals surface area (Å²) < 4.78 is 24.7. The average Bonchev–Trinajstić information content (AvgIpc) is 2.65. The summed E-state index contributed by atoms with van der Waals surface area (Å²) >= 11 is 0. The van der Waals surface area contributed by atoms with Crippen LogP contribution in [0.1, 0.15) is 41.7 Å². The molecular weight excluding hydrogens is 335 g/mol. The van der Waals surface area contributed by atoms with Gasteiger partial charge in [0.25, 0.3) is 5.91 Å². The standard InChI is InChI=1S/C20H23FN2O3/c1-13-18(4-3-11-22-13)26-16-8-6-15(7-9-16)23-20(24)14-5-10-19(25-2)17(21)12-14/h3-5,10-12,15-16H,6-9H2,1-2H3,(H,23,24). The van der Waals surface area contributed by atoms with Gasteiger partial charge in [0.15, 0.2) is 11.6 Å². The molecule has 0 aliphatic heterocycles. The van der Waals surface area contributed by atoms with E-state index in [0.717, 1.165) is 37.1 Å². The van der Waals surface area contributed by atoms with Crippen molar-refractivity contribution >= 4 is 5.91 Å². The molecule has 6 heteroatoms. The minimum Gasteiger partial charge on any atom is -0.494 e. The summed E-state index contributed by atoms with van der Waals surface area (Å²) in [7, 11) is 1.39. The first-order valence-corrected chi connectivity index (χ1v) is 8.79. The summed E-state index contributed by atoms with van der Waals surface area (Å²) in [6.07, 6.45) is 5.25. The summed E-state index contributed by atoms with van der Waals surface area (Å²) in [6.45, 7) is 1.93. The maximum absolute atomic E-state index is 13.8. The predicted octanol–water partition coefficient (Wildman–Crippen LogP) is 3.66. The van der Waals surface area contributed by atoms with E-state index in [1.807, 2.05) is 19.1 Å². The van der Waals surface area contributed by atoms with E-state index in [0.29, 0.717) is 5.56 Å². The number of amides is 1. The van der Waals surface area contributed by atoms with Gasteiger partial charge in [0, 0.05) is 17.8 Å². The van der Waals surface area contributed by atoms with E-state index < -0.39 is 5.82 Å². The molecule has 1 fully saturated rings. The number of methoxy groups -OCH3 is 1. The Morgan fingerprint density at radius 1 is 1.19 bits per heavy atom. The van der Waals surface area contributed by atoms with Crippen LogP contribution in [0.25, 0.3) is 0 Å². The molecule has 5 nitrogen and oxygen atoms in total. The lowest BCUT2D eigenvalue weighted by Crippen LogP contribution is -2.39. The first kappa shape index (κ1) is 18.2. The zero-order valence-electron chi connectivity index (χ0n) is 15.0. The van der Waals surface area contributed by atoms with Crippen molar-refractivity contribution in [2.45, 2.75) is 44.8 Å². The van der Waals surface area contributed by atoms with Gasteiger partial charge in [-0.15, -0.1) is 0 Å². The van der Waals surface area contributed by atoms with Gasteiger partial charge in [0.05, 0.1) is 18.9 Å². The molecule has 138 valence electrons. The lowest BCUT2D eigenvalue weighted by atomic mass is 9.92. The number of nitrogens with one attached hydrogen (secondary N) is 1. The summed E-state index contributed by atoms with van der Waals surface area (Å²) in [6, 6.07) is 8.09. The zero-order chi connectivity index (χ0) is 18.5. The molecular formula is C20H23FN2O3. The fourth-order valence-electron chi connectivity index (χ4n) is 3.17. The van der Waals surface area contributed by atoms with Crippen LogP contribution in [-0.2, 0) is 0 Å². The Balaban J connectivity index is 1.51. The Hall–Kier alpha value is -2.63. The van der Waals surface area contributed by atoms with Crippen molar-refractivity contribution in [1.29, 1.82) is 0 Å². The third-order valence-electron chi connectivity index (χ3n) is 4.68. The van der Waals surface area contributed by atoms with Crippen molar-refractivity contribution in [3.63, 3.8) is 0 Å². The number of ether oxygens (including phenoxy) is 2. The van der Waals surface area contributed by atoms with E-state index in [2.05, 4.69) is 10.3 Å². The van der Waals surface area contributed by atoms with Crippen LogP contribution < -0.4 is 14.8 Å². The predicted molar refractivity (Wildman–Crippen MR) is 96.1 cm³/mol. The first-order chi connectivity index (χ1) is 12.6. The Morgan fingerprint density at radius 3 is 2.62 bits per heavy atom. The summed E-state index contributed by atoms with van der Waals surface area (Å²) in [5, 5.41) is 2.98. The molecule has 0 spiro atoms. The molecule has 0 atom stereocenters. The molecule has 0 bridgehead atoms. The van der Waals surface area contributed by atoms with Gasteiger partial charge in [-0.25, -0.2) is 4.39 Å². The number of nitrogens with zero attached hydrogens (tertiary/aromatic N) is 1. The van der Waals surface area contributed by atoms with E-state index in [4.69, 9.17) is 9.47 Å². The third kappa shape index (κ3) is 4.31. The lowest BCUT2D eigenvalue weighted by molar-refractivity contribution is 0.0892. The van der Waals surface area contributed by atoms with Crippen LogP contribution in [0.15, 0.2) is 36.5 Å². The number of aromatic nitrogens is 1. The molecule has 0 saturated heterocycles. The molecule has 0 unspecified atom stereocenters. The largest absolute Gasteiger partial charge is 0.494 e. The van der Waals surface area contributed by atoms with Crippen molar-refractivity contribution in [2.75, 3.05) is 7.11 Å². The molecule has 1 N–H and O–H groups in total. The van der Waals surface area contributed by atoms with Gasteiger partial charge in [0.2, 0.25) is 0 Å². The minimum atomic E-state index is -0.538. The minimum absolute atomic E-state index is 0.0718. The molecule has 1 saturated carbocycles. The molecule has 1 aliphatic carbocycles. The highest BCUT2D eigenvalue weighted by molar-refractivity contribution is 5.94. The normalized spacial score (nSPS) is 19.7. The van der Waals surface area contributed by atoms with Crippen molar-refractivity contribution in [3.05, 3.63) is 53.6 Å². The topological polar surface area (TPSA) is 60.5 Å². The van der Waals surface area contributed by atoms with Gasteiger partial charge in [-0.3, -0.25) is 9.78 Å². The van der Waals surface area contributed by atoms with E-state index in [-0.39, 0.29) is 23.8 Å². The van der Waals surface area contributed by atoms with Gasteiger partial charge >= 0.3 is 0 Å². The smallest absolute Gasteiger partial charge is 0.251 e. The highest BCUT2D eigenvalue weighted by Crippen LogP contribution is 2.25. The summed E-state index contributed by atoms with van der Waals surface area (Å²) in [4.78, 5) is 16.6. The molecule has 1 aromatic carbocycles. The Kier molecular flexibility index (Phi) is 5.71. The summed E-state index contributed by atoms with van der Waals surface area (Å²) in [5.74, 6) is 0.140. The number of aryl methyl sites for hydroxylation is 1. The van der Waals surface area contributed by atoms with Crippen LogP contribution in [-0.4, -0.2) is 30.1 Å².